The maximum Gasteiger partial charge on any atom is 0.160 e. The molecule has 0 radical (unpaired) electrons. The Labute approximate surface area is 336 Å². The number of thiophene rings is 1. The Bertz CT molecular complexity index is 3140. The van der Waals surface area contributed by atoms with Crippen molar-refractivity contribution in [3.8, 4) is 67.3 Å². The first-order valence-corrected chi connectivity index (χ1v) is 20.3. The molecule has 3 heteroatoms. The Kier molecular flexibility index (Phi) is 7.84. The van der Waals surface area contributed by atoms with E-state index in [1.165, 1.54) is 59.1 Å². The summed E-state index contributed by atoms with van der Waals surface area (Å²) in [5.41, 5.74) is 15.9. The predicted molar refractivity (Wildman–Crippen MR) is 240 cm³/mol. The highest BCUT2D eigenvalue weighted by Crippen LogP contribution is 2.53. The number of hydrogen-bond acceptors (Lipinski definition) is 3. The third kappa shape index (κ3) is 5.46. The lowest BCUT2D eigenvalue weighted by Gasteiger charge is -2.28. The lowest BCUT2D eigenvalue weighted by molar-refractivity contribution is 0.714. The van der Waals surface area contributed by atoms with E-state index in [9.17, 15) is 0 Å². The van der Waals surface area contributed by atoms with Crippen LogP contribution >= 0.6 is 11.3 Å². The fraction of sp³-hybridized carbons (Fsp3) is 0.0370. The van der Waals surface area contributed by atoms with Crippen molar-refractivity contribution in [2.24, 2.45) is 0 Å². The van der Waals surface area contributed by atoms with Crippen LogP contribution in [0.1, 0.15) is 23.6 Å². The number of aromatic nitrogens is 2. The number of benzene rings is 8. The van der Waals surface area contributed by atoms with Crippen molar-refractivity contribution < 1.29 is 0 Å². The molecule has 2 heterocycles. The second kappa shape index (κ2) is 13.4. The van der Waals surface area contributed by atoms with E-state index in [-0.39, 0.29) is 5.41 Å². The normalized spacial score (nSPS) is 14.5. The quantitative estimate of drug-likeness (QED) is 0.169. The van der Waals surface area contributed by atoms with Crippen molar-refractivity contribution in [2.75, 3.05) is 0 Å². The van der Waals surface area contributed by atoms with Gasteiger partial charge in [-0.1, -0.05) is 176 Å². The summed E-state index contributed by atoms with van der Waals surface area (Å²) in [6, 6.07) is 72.2. The van der Waals surface area contributed by atoms with Gasteiger partial charge < -0.3 is 0 Å². The lowest BCUT2D eigenvalue weighted by atomic mass is 9.74. The summed E-state index contributed by atoms with van der Waals surface area (Å²) in [4.78, 5) is 10.5. The van der Waals surface area contributed by atoms with E-state index < -0.39 is 0 Å². The van der Waals surface area contributed by atoms with Crippen LogP contribution in [0.2, 0.25) is 0 Å². The zero-order chi connectivity index (χ0) is 37.9. The average Bonchev–Trinajstić information content (AvgIpc) is 3.80. The largest absolute Gasteiger partial charge is 0.228 e. The molecule has 1 unspecified atom stereocenters. The molecule has 10 aromatic rings. The molecule has 0 spiro atoms. The minimum absolute atomic E-state index is 0.242. The Morgan fingerprint density at radius 3 is 1.84 bits per heavy atom. The van der Waals surface area contributed by atoms with Crippen LogP contribution in [0.5, 0.6) is 0 Å². The van der Waals surface area contributed by atoms with Gasteiger partial charge in [0, 0.05) is 42.3 Å². The number of rotatable bonds is 6. The molecule has 8 aromatic carbocycles. The van der Waals surface area contributed by atoms with Gasteiger partial charge in [0.05, 0.1) is 11.4 Å². The molecule has 1 aliphatic rings. The van der Waals surface area contributed by atoms with Crippen molar-refractivity contribution in [2.45, 2.75) is 12.3 Å². The Morgan fingerprint density at radius 2 is 0.982 bits per heavy atom. The monoisotopic (exact) mass is 744 g/mol. The molecular formula is C54H36N2S. The highest BCUT2D eigenvalue weighted by Gasteiger charge is 2.40. The number of fused-ring (bicyclic) bond motifs is 6. The molecule has 1 atom stereocenters. The van der Waals surface area contributed by atoms with Crippen LogP contribution in [-0.2, 0) is 5.41 Å². The first kappa shape index (κ1) is 33.4. The molecule has 11 rings (SSSR count). The van der Waals surface area contributed by atoms with Crippen LogP contribution in [0.25, 0.3) is 87.5 Å². The summed E-state index contributed by atoms with van der Waals surface area (Å²) in [6.45, 7) is 2.37. The van der Waals surface area contributed by atoms with Gasteiger partial charge in [-0.25, -0.2) is 9.97 Å². The van der Waals surface area contributed by atoms with Crippen LogP contribution in [0.4, 0.5) is 0 Å². The highest BCUT2D eigenvalue weighted by molar-refractivity contribution is 7.26. The van der Waals surface area contributed by atoms with Gasteiger partial charge >= 0.3 is 0 Å². The molecule has 268 valence electrons. The Hall–Kier alpha value is -6.94. The van der Waals surface area contributed by atoms with Crippen molar-refractivity contribution in [1.29, 1.82) is 0 Å². The molecule has 2 nitrogen and oxygen atoms in total. The summed E-state index contributed by atoms with van der Waals surface area (Å²) in [5.74, 6) is 0.705. The molecule has 0 N–H and O–H groups in total. The Balaban J connectivity index is 1.06. The van der Waals surface area contributed by atoms with E-state index in [0.29, 0.717) is 5.82 Å². The van der Waals surface area contributed by atoms with Gasteiger partial charge in [-0.05, 0) is 81.3 Å². The third-order valence-electron chi connectivity index (χ3n) is 11.8. The second-order valence-corrected chi connectivity index (χ2v) is 16.1. The smallest absolute Gasteiger partial charge is 0.160 e. The van der Waals surface area contributed by atoms with Crippen LogP contribution in [0, 0.1) is 0 Å². The number of nitrogens with zero attached hydrogens (tertiary/aromatic N) is 2. The van der Waals surface area contributed by atoms with Crippen LogP contribution < -0.4 is 0 Å². The second-order valence-electron chi connectivity index (χ2n) is 15.0. The van der Waals surface area contributed by atoms with Crippen LogP contribution in [0.15, 0.2) is 200 Å². The van der Waals surface area contributed by atoms with Gasteiger partial charge in [0.2, 0.25) is 0 Å². The van der Waals surface area contributed by atoms with Crippen LogP contribution in [0.3, 0.4) is 0 Å². The summed E-state index contributed by atoms with van der Waals surface area (Å²) in [6.07, 6.45) is 0. The van der Waals surface area contributed by atoms with Gasteiger partial charge in [0.25, 0.3) is 0 Å². The molecule has 0 saturated carbocycles. The fourth-order valence-corrected chi connectivity index (χ4v) is 10.2. The minimum Gasteiger partial charge on any atom is -0.228 e. The molecule has 0 bridgehead atoms. The van der Waals surface area contributed by atoms with Gasteiger partial charge in [-0.3, -0.25) is 0 Å². The molecule has 0 aliphatic heterocycles. The fourth-order valence-electron chi connectivity index (χ4n) is 8.98. The highest BCUT2D eigenvalue weighted by atomic mass is 32.1. The summed E-state index contributed by atoms with van der Waals surface area (Å²) in [5, 5.41) is 2.60. The topological polar surface area (TPSA) is 25.8 Å². The van der Waals surface area contributed by atoms with Gasteiger partial charge in [0.1, 0.15) is 0 Å². The van der Waals surface area contributed by atoms with Crippen molar-refractivity contribution in [1.82, 2.24) is 9.97 Å². The first-order valence-electron chi connectivity index (χ1n) is 19.5. The van der Waals surface area contributed by atoms with Crippen molar-refractivity contribution >= 4 is 31.5 Å². The predicted octanol–water partition coefficient (Wildman–Crippen LogP) is 14.5. The van der Waals surface area contributed by atoms with E-state index in [1.54, 1.807) is 0 Å². The van der Waals surface area contributed by atoms with E-state index in [4.69, 9.17) is 9.97 Å². The van der Waals surface area contributed by atoms with E-state index in [2.05, 4.69) is 201 Å². The Morgan fingerprint density at radius 1 is 0.386 bits per heavy atom. The average molecular weight is 745 g/mol. The van der Waals surface area contributed by atoms with Crippen LogP contribution in [-0.4, -0.2) is 9.97 Å². The van der Waals surface area contributed by atoms with E-state index in [0.717, 1.165) is 39.2 Å². The van der Waals surface area contributed by atoms with E-state index >= 15 is 0 Å². The zero-order valence-electron chi connectivity index (χ0n) is 31.4. The zero-order valence-corrected chi connectivity index (χ0v) is 32.2. The molecule has 0 saturated heterocycles. The molecule has 2 aromatic heterocycles. The summed E-state index contributed by atoms with van der Waals surface area (Å²) >= 11 is 1.86. The van der Waals surface area contributed by atoms with Gasteiger partial charge in [-0.2, -0.15) is 0 Å². The van der Waals surface area contributed by atoms with Crippen molar-refractivity contribution in [3.05, 3.63) is 217 Å². The first-order chi connectivity index (χ1) is 28.1. The van der Waals surface area contributed by atoms with Gasteiger partial charge in [-0.15, -0.1) is 11.3 Å². The number of hydrogen-bond donors (Lipinski definition) is 0. The molecule has 1 aliphatic carbocycles. The SMILES string of the molecule is CC1(c2ccccc2)c2ccccc2-c2cc(-c3ccccc3-c3cc(-c4cccc(-c5cccc6c5sc5ccccc56)c4)nc(-c4ccccc4)n3)ccc21. The molecular weight excluding hydrogens is 709 g/mol. The van der Waals surface area contributed by atoms with E-state index in [1.807, 2.05) is 17.4 Å². The standard InChI is InChI=1S/C54H36N2S/c1-54(39-20-6-3-7-21-39)47-28-12-10-23-42(47)46-33-37(30-31-48(46)54)40-22-8-9-24-43(40)50-34-49(55-53(56-50)35-16-4-2-5-17-35)38-19-14-18-36(32-38)41-26-15-27-45-44-25-11-13-29-51(44)57-52(41)45/h2-34H,1H3. The molecule has 0 fully saturated rings. The van der Waals surface area contributed by atoms with Gasteiger partial charge in [0.15, 0.2) is 5.82 Å². The molecule has 57 heavy (non-hydrogen) atoms. The summed E-state index contributed by atoms with van der Waals surface area (Å²) < 4.78 is 2.61. The summed E-state index contributed by atoms with van der Waals surface area (Å²) in [7, 11) is 0. The maximum absolute atomic E-state index is 5.29. The molecule has 0 amide bonds. The lowest BCUT2D eigenvalue weighted by Crippen LogP contribution is -2.22. The minimum atomic E-state index is -0.242. The third-order valence-corrected chi connectivity index (χ3v) is 13.0. The van der Waals surface area contributed by atoms with Crippen molar-refractivity contribution in [3.63, 3.8) is 0 Å². The maximum atomic E-state index is 5.29.